The molecule has 0 heterocycles. The van der Waals surface area contributed by atoms with Crippen molar-refractivity contribution in [3.8, 4) is 0 Å². The Morgan fingerprint density at radius 2 is 1.79 bits per heavy atom. The molecule has 9 heteroatoms. The number of benzene rings is 2. The number of halogens is 1. The van der Waals surface area contributed by atoms with E-state index >= 15 is 0 Å². The smallest absolute Gasteiger partial charge is 0.337 e. The zero-order valence-corrected chi connectivity index (χ0v) is 18.2. The molecule has 1 amide bonds. The van der Waals surface area contributed by atoms with Crippen LogP contribution >= 0.6 is 11.6 Å². The standard InChI is InChI=1S/C20H23ClN2O5S/c1-5-18(23(29(4,26)27)16-10-8-15(21)9-11-16)19(24)22-17-12-14(20(25)28-3)7-6-13(17)2/h6-12,18H,5H2,1-4H3,(H,22,24)/t18-/m1/s1. The van der Waals surface area contributed by atoms with Crippen LogP contribution in [0.3, 0.4) is 0 Å². The molecule has 0 spiro atoms. The summed E-state index contributed by atoms with van der Waals surface area (Å²) in [6, 6.07) is 9.98. The summed E-state index contributed by atoms with van der Waals surface area (Å²) in [5.41, 5.74) is 1.73. The summed E-state index contributed by atoms with van der Waals surface area (Å²) in [4.78, 5) is 24.8. The highest BCUT2D eigenvalue weighted by Crippen LogP contribution is 2.26. The third kappa shape index (κ3) is 5.48. The molecule has 2 aromatic carbocycles. The van der Waals surface area contributed by atoms with Crippen molar-refractivity contribution in [2.45, 2.75) is 26.3 Å². The maximum atomic E-state index is 13.0. The predicted molar refractivity (Wildman–Crippen MR) is 114 cm³/mol. The fourth-order valence-corrected chi connectivity index (χ4v) is 4.20. The molecule has 2 rings (SSSR count). The van der Waals surface area contributed by atoms with Crippen molar-refractivity contribution in [3.63, 3.8) is 0 Å². The lowest BCUT2D eigenvalue weighted by molar-refractivity contribution is -0.117. The predicted octanol–water partition coefficient (Wildman–Crippen LogP) is 3.62. The van der Waals surface area contributed by atoms with Gasteiger partial charge < -0.3 is 10.1 Å². The van der Waals surface area contributed by atoms with E-state index in [9.17, 15) is 18.0 Å². The van der Waals surface area contributed by atoms with E-state index in [1.54, 1.807) is 50.2 Å². The molecule has 2 aromatic rings. The molecule has 0 aliphatic carbocycles. The largest absolute Gasteiger partial charge is 0.465 e. The van der Waals surface area contributed by atoms with Gasteiger partial charge in [0.05, 0.1) is 24.6 Å². The number of carbonyl (C=O) groups excluding carboxylic acids is 2. The molecule has 0 fully saturated rings. The minimum Gasteiger partial charge on any atom is -0.465 e. The number of anilines is 2. The Morgan fingerprint density at radius 3 is 2.31 bits per heavy atom. The Bertz CT molecular complexity index is 1010. The molecule has 0 saturated heterocycles. The molecule has 0 bridgehead atoms. The van der Waals surface area contributed by atoms with Crippen molar-refractivity contribution in [2.24, 2.45) is 0 Å². The first-order valence-electron chi connectivity index (χ1n) is 8.83. The minimum atomic E-state index is -3.76. The highest BCUT2D eigenvalue weighted by Gasteiger charge is 2.31. The number of esters is 1. The quantitative estimate of drug-likeness (QED) is 0.666. The van der Waals surface area contributed by atoms with E-state index in [4.69, 9.17) is 16.3 Å². The number of carbonyl (C=O) groups is 2. The van der Waals surface area contributed by atoms with Gasteiger partial charge in [0.25, 0.3) is 0 Å². The molecule has 7 nitrogen and oxygen atoms in total. The summed E-state index contributed by atoms with van der Waals surface area (Å²) in [5.74, 6) is -1.05. The summed E-state index contributed by atoms with van der Waals surface area (Å²) in [5, 5.41) is 3.19. The lowest BCUT2D eigenvalue weighted by Crippen LogP contribution is -2.47. The van der Waals surface area contributed by atoms with Gasteiger partial charge in [0.15, 0.2) is 0 Å². The highest BCUT2D eigenvalue weighted by atomic mass is 35.5. The summed E-state index contributed by atoms with van der Waals surface area (Å²) < 4.78 is 30.7. The van der Waals surface area contributed by atoms with Crippen molar-refractivity contribution in [2.75, 3.05) is 23.0 Å². The van der Waals surface area contributed by atoms with E-state index in [2.05, 4.69) is 5.32 Å². The molecule has 0 aromatic heterocycles. The number of hydrogen-bond acceptors (Lipinski definition) is 5. The monoisotopic (exact) mass is 438 g/mol. The van der Waals surface area contributed by atoms with Crippen LogP contribution in [0.15, 0.2) is 42.5 Å². The average molecular weight is 439 g/mol. The molecule has 29 heavy (non-hydrogen) atoms. The summed E-state index contributed by atoms with van der Waals surface area (Å²) >= 11 is 5.90. The second kappa shape index (κ2) is 9.28. The average Bonchev–Trinajstić information content (AvgIpc) is 2.67. The van der Waals surface area contributed by atoms with Gasteiger partial charge in [0, 0.05) is 10.7 Å². The molecule has 0 radical (unpaired) electrons. The van der Waals surface area contributed by atoms with Gasteiger partial charge in [-0.25, -0.2) is 13.2 Å². The first-order valence-corrected chi connectivity index (χ1v) is 11.1. The molecule has 0 aliphatic heterocycles. The van der Waals surface area contributed by atoms with Crippen molar-refractivity contribution in [1.82, 2.24) is 0 Å². The maximum absolute atomic E-state index is 13.0. The van der Waals surface area contributed by atoms with Crippen molar-refractivity contribution in [1.29, 1.82) is 0 Å². The van der Waals surface area contributed by atoms with Gasteiger partial charge in [0.1, 0.15) is 6.04 Å². The number of methoxy groups -OCH3 is 1. The fraction of sp³-hybridized carbons (Fsp3) is 0.300. The van der Waals surface area contributed by atoms with Crippen molar-refractivity contribution < 1.29 is 22.7 Å². The minimum absolute atomic E-state index is 0.233. The van der Waals surface area contributed by atoms with E-state index in [-0.39, 0.29) is 12.0 Å². The first-order chi connectivity index (χ1) is 13.6. The summed E-state index contributed by atoms with van der Waals surface area (Å²) in [6.07, 6.45) is 1.28. The van der Waals surface area contributed by atoms with E-state index < -0.39 is 27.9 Å². The van der Waals surface area contributed by atoms with Gasteiger partial charge in [-0.3, -0.25) is 9.10 Å². The highest BCUT2D eigenvalue weighted by molar-refractivity contribution is 7.92. The van der Waals surface area contributed by atoms with E-state index in [1.165, 1.54) is 13.2 Å². The molecular weight excluding hydrogens is 416 g/mol. The maximum Gasteiger partial charge on any atom is 0.337 e. The number of sulfonamides is 1. The Labute approximate surface area is 175 Å². The number of nitrogens with one attached hydrogen (secondary N) is 1. The second-order valence-electron chi connectivity index (χ2n) is 6.47. The lowest BCUT2D eigenvalue weighted by Gasteiger charge is -2.30. The number of ether oxygens (including phenoxy) is 1. The number of nitrogens with zero attached hydrogens (tertiary/aromatic N) is 1. The van der Waals surface area contributed by atoms with Gasteiger partial charge in [-0.15, -0.1) is 0 Å². The van der Waals surface area contributed by atoms with Gasteiger partial charge >= 0.3 is 5.97 Å². The second-order valence-corrected chi connectivity index (χ2v) is 8.77. The SMILES string of the molecule is CC[C@H](C(=O)Nc1cc(C(=O)OC)ccc1C)N(c1ccc(Cl)cc1)S(C)(=O)=O. The van der Waals surface area contributed by atoms with E-state index in [1.807, 2.05) is 0 Å². The van der Waals surface area contributed by atoms with Crippen LogP contribution in [0.25, 0.3) is 0 Å². The van der Waals surface area contributed by atoms with Gasteiger partial charge in [-0.1, -0.05) is 24.6 Å². The van der Waals surface area contributed by atoms with Crippen LogP contribution < -0.4 is 9.62 Å². The summed E-state index contributed by atoms with van der Waals surface area (Å²) in [7, 11) is -2.49. The van der Waals surface area contributed by atoms with Crippen LogP contribution in [-0.4, -0.2) is 39.7 Å². The number of rotatable bonds is 7. The van der Waals surface area contributed by atoms with Crippen molar-refractivity contribution in [3.05, 3.63) is 58.6 Å². The van der Waals surface area contributed by atoms with Gasteiger partial charge in [0.2, 0.25) is 15.9 Å². The number of aryl methyl sites for hydroxylation is 1. The van der Waals surface area contributed by atoms with Crippen LogP contribution in [0, 0.1) is 6.92 Å². The molecule has 0 saturated carbocycles. The van der Waals surface area contributed by atoms with Crippen molar-refractivity contribution >= 4 is 44.9 Å². The van der Waals surface area contributed by atoms with Crippen LogP contribution in [0.5, 0.6) is 0 Å². The topological polar surface area (TPSA) is 92.8 Å². The Morgan fingerprint density at radius 1 is 1.17 bits per heavy atom. The molecule has 156 valence electrons. The van der Waals surface area contributed by atoms with Gasteiger partial charge in [-0.2, -0.15) is 0 Å². The van der Waals surface area contributed by atoms with Gasteiger partial charge in [-0.05, 0) is 55.3 Å². The Hall–Kier alpha value is -2.58. The fourth-order valence-electron chi connectivity index (χ4n) is 2.87. The van der Waals surface area contributed by atoms with E-state index in [0.717, 1.165) is 16.1 Å². The number of amides is 1. The Kier molecular flexibility index (Phi) is 7.26. The molecule has 0 aliphatic rings. The lowest BCUT2D eigenvalue weighted by atomic mass is 10.1. The zero-order valence-electron chi connectivity index (χ0n) is 16.6. The zero-order chi connectivity index (χ0) is 21.8. The van der Waals surface area contributed by atoms with Crippen LogP contribution in [-0.2, 0) is 19.6 Å². The third-order valence-corrected chi connectivity index (χ3v) is 5.76. The third-order valence-electron chi connectivity index (χ3n) is 4.33. The van der Waals surface area contributed by atoms with E-state index in [0.29, 0.717) is 16.4 Å². The molecular formula is C20H23ClN2O5S. The first kappa shape index (κ1) is 22.7. The Balaban J connectivity index is 2.40. The molecule has 1 N–H and O–H groups in total. The molecule has 0 unspecified atom stereocenters. The van der Waals surface area contributed by atoms with Crippen LogP contribution in [0.1, 0.15) is 29.3 Å². The molecule has 1 atom stereocenters. The number of hydrogen-bond donors (Lipinski definition) is 1. The van der Waals surface area contributed by atoms with Crippen LogP contribution in [0.2, 0.25) is 5.02 Å². The summed E-state index contributed by atoms with van der Waals surface area (Å²) in [6.45, 7) is 3.49. The normalized spacial score (nSPS) is 12.2. The van der Waals surface area contributed by atoms with Crippen LogP contribution in [0.4, 0.5) is 11.4 Å².